The van der Waals surface area contributed by atoms with Gasteiger partial charge in [-0.2, -0.15) is 13.2 Å². The first kappa shape index (κ1) is 21.4. The number of aromatic nitrogens is 1. The third-order valence-electron chi connectivity index (χ3n) is 7.66. The van der Waals surface area contributed by atoms with E-state index in [2.05, 4.69) is 18.8 Å². The molecule has 2 aliphatic rings. The molecule has 1 fully saturated rings. The lowest BCUT2D eigenvalue weighted by molar-refractivity contribution is -0.153. The number of phenolic OH excluding ortho intramolecular Hbond substituents is 2. The maximum Gasteiger partial charge on any atom is 0.494 e. The second kappa shape index (κ2) is 6.56. The summed E-state index contributed by atoms with van der Waals surface area (Å²) in [7, 11) is -2.15. The van der Waals surface area contributed by atoms with Crippen molar-refractivity contribution in [1.29, 1.82) is 0 Å². The molecule has 30 heavy (non-hydrogen) atoms. The van der Waals surface area contributed by atoms with Crippen LogP contribution in [0.3, 0.4) is 0 Å². The highest BCUT2D eigenvalue weighted by Gasteiger charge is 2.55. The van der Waals surface area contributed by atoms with E-state index in [9.17, 15) is 33.4 Å². The van der Waals surface area contributed by atoms with Gasteiger partial charge in [-0.3, -0.25) is 0 Å². The van der Waals surface area contributed by atoms with Gasteiger partial charge in [-0.25, -0.2) is 0 Å². The Hall–Kier alpha value is -1.87. The van der Waals surface area contributed by atoms with Crippen molar-refractivity contribution in [3.63, 3.8) is 0 Å². The molecule has 5 nitrogen and oxygen atoms in total. The van der Waals surface area contributed by atoms with Gasteiger partial charge in [-0.1, -0.05) is 27.2 Å². The maximum atomic E-state index is 14.1. The number of fused-ring (bicyclic) bond motifs is 5. The number of phenols is 2. The van der Waals surface area contributed by atoms with Gasteiger partial charge < -0.3 is 25.2 Å². The summed E-state index contributed by atoms with van der Waals surface area (Å²) in [5.41, 5.74) is -0.637. The van der Waals surface area contributed by atoms with E-state index < -0.39 is 41.6 Å². The molecule has 3 atom stereocenters. The average Bonchev–Trinajstić information content (AvgIpc) is 2.88. The molecule has 4 rings (SSSR count). The molecule has 0 aliphatic heterocycles. The Morgan fingerprint density at radius 2 is 1.77 bits per heavy atom. The average molecular weight is 425 g/mol. The molecule has 0 radical (unpaired) electrons. The van der Waals surface area contributed by atoms with Crippen LogP contribution in [-0.4, -0.2) is 38.5 Å². The summed E-state index contributed by atoms with van der Waals surface area (Å²) in [6.07, 6.45) is -1.63. The van der Waals surface area contributed by atoms with Crippen LogP contribution in [-0.2, 0) is 5.41 Å². The second-order valence-electron chi connectivity index (χ2n) is 9.85. The van der Waals surface area contributed by atoms with Crippen LogP contribution in [0.15, 0.2) is 6.07 Å². The van der Waals surface area contributed by atoms with Crippen LogP contribution >= 0.6 is 0 Å². The fraction of sp³-hybridized carbons (Fsp3) is 0.619. The first-order valence-electron chi connectivity index (χ1n) is 10.3. The SMILES string of the molecule is CC1(C)CCC[C@@]2(C)c3c([nH]c4c(B(O)O)c(O)c(O)cc34)C(C(F)(F)F)CCC12. The van der Waals surface area contributed by atoms with Crippen molar-refractivity contribution in [2.24, 2.45) is 11.3 Å². The van der Waals surface area contributed by atoms with Crippen LogP contribution < -0.4 is 5.46 Å². The summed E-state index contributed by atoms with van der Waals surface area (Å²) in [6.45, 7) is 6.19. The van der Waals surface area contributed by atoms with Gasteiger partial charge >= 0.3 is 13.3 Å². The van der Waals surface area contributed by atoms with E-state index in [-0.39, 0.29) is 29.0 Å². The van der Waals surface area contributed by atoms with E-state index in [1.165, 1.54) is 6.07 Å². The van der Waals surface area contributed by atoms with Crippen LogP contribution in [0.2, 0.25) is 0 Å². The molecule has 1 heterocycles. The van der Waals surface area contributed by atoms with Crippen LogP contribution in [0.1, 0.15) is 70.1 Å². The predicted octanol–water partition coefficient (Wildman–Crippen LogP) is 3.78. The molecule has 2 unspecified atom stereocenters. The van der Waals surface area contributed by atoms with Crippen molar-refractivity contribution in [3.8, 4) is 11.5 Å². The first-order chi connectivity index (χ1) is 13.8. The Bertz CT molecular complexity index is 1000. The molecule has 1 aromatic carbocycles. The summed E-state index contributed by atoms with van der Waals surface area (Å²) in [5, 5.41) is 40.3. The zero-order valence-electron chi connectivity index (χ0n) is 17.3. The molecule has 9 heteroatoms. The summed E-state index contributed by atoms with van der Waals surface area (Å²) in [5.74, 6) is -3.08. The van der Waals surface area contributed by atoms with E-state index in [4.69, 9.17) is 0 Å². The smallest absolute Gasteiger partial charge is 0.494 e. The third kappa shape index (κ3) is 2.92. The molecular formula is C21H27BF3NO4. The van der Waals surface area contributed by atoms with E-state index in [1.54, 1.807) is 0 Å². The summed E-state index contributed by atoms with van der Waals surface area (Å²) in [4.78, 5) is 2.81. The topological polar surface area (TPSA) is 96.7 Å². The standard InChI is InChI=1S/C21H27BF3NO4/c1-19(2)7-4-8-20(3)13(19)6-5-11(21(23,24)25)17-14(20)10-9-12(27)18(28)15(22(29)30)16(10)26-17/h9,11,13,26-30H,4-8H2,1-3H3/t11?,13?,20-/m1/s1. The lowest BCUT2D eigenvalue weighted by Crippen LogP contribution is -2.44. The number of benzene rings is 1. The molecule has 0 bridgehead atoms. The molecule has 0 amide bonds. The highest BCUT2D eigenvalue weighted by Crippen LogP contribution is 2.60. The van der Waals surface area contributed by atoms with Gasteiger partial charge in [0.25, 0.3) is 0 Å². The van der Waals surface area contributed by atoms with Gasteiger partial charge in [0.15, 0.2) is 11.5 Å². The minimum atomic E-state index is -4.48. The van der Waals surface area contributed by atoms with Crippen molar-refractivity contribution in [2.45, 2.75) is 70.4 Å². The number of hydrogen-bond donors (Lipinski definition) is 5. The Kier molecular flexibility index (Phi) is 4.68. The summed E-state index contributed by atoms with van der Waals surface area (Å²) < 4.78 is 42.4. The van der Waals surface area contributed by atoms with Gasteiger partial charge in [-0.05, 0) is 54.1 Å². The Balaban J connectivity index is 2.12. The summed E-state index contributed by atoms with van der Waals surface area (Å²) >= 11 is 0. The van der Waals surface area contributed by atoms with Crippen LogP contribution in [0.25, 0.3) is 10.9 Å². The van der Waals surface area contributed by atoms with Crippen LogP contribution in [0, 0.1) is 11.3 Å². The maximum absolute atomic E-state index is 14.1. The quantitative estimate of drug-likeness (QED) is 0.355. The number of aromatic hydroxyl groups is 2. The molecule has 1 saturated carbocycles. The normalized spacial score (nSPS) is 28.7. The van der Waals surface area contributed by atoms with E-state index in [0.29, 0.717) is 23.8 Å². The largest absolute Gasteiger partial charge is 0.504 e. The third-order valence-corrected chi connectivity index (χ3v) is 7.66. The van der Waals surface area contributed by atoms with Gasteiger partial charge in [0, 0.05) is 16.6 Å². The van der Waals surface area contributed by atoms with Gasteiger partial charge in [0.1, 0.15) is 0 Å². The van der Waals surface area contributed by atoms with Crippen LogP contribution in [0.5, 0.6) is 11.5 Å². The molecule has 2 aliphatic carbocycles. The first-order valence-corrected chi connectivity index (χ1v) is 10.3. The van der Waals surface area contributed by atoms with Crippen LogP contribution in [0.4, 0.5) is 13.2 Å². The van der Waals surface area contributed by atoms with Gasteiger partial charge in [0.2, 0.25) is 0 Å². The second-order valence-corrected chi connectivity index (χ2v) is 9.85. The zero-order valence-corrected chi connectivity index (χ0v) is 17.3. The molecular weight excluding hydrogens is 398 g/mol. The van der Waals surface area contributed by atoms with Crippen molar-refractivity contribution in [1.82, 2.24) is 4.98 Å². The molecule has 1 aromatic heterocycles. The lowest BCUT2D eigenvalue weighted by Gasteiger charge is -2.51. The molecule has 0 saturated heterocycles. The number of halogens is 3. The number of alkyl halides is 3. The minimum absolute atomic E-state index is 0.00657. The van der Waals surface area contributed by atoms with Gasteiger partial charge in [-0.15, -0.1) is 0 Å². The fourth-order valence-electron chi connectivity index (χ4n) is 6.42. The highest BCUT2D eigenvalue weighted by molar-refractivity contribution is 6.63. The van der Waals surface area contributed by atoms with E-state index >= 15 is 0 Å². The zero-order chi connectivity index (χ0) is 22.2. The van der Waals surface area contributed by atoms with Crippen molar-refractivity contribution < 1.29 is 33.4 Å². The molecule has 2 aromatic rings. The fourth-order valence-corrected chi connectivity index (χ4v) is 6.42. The Labute approximate surface area is 173 Å². The summed E-state index contributed by atoms with van der Waals surface area (Å²) in [6, 6.07) is 1.24. The van der Waals surface area contributed by atoms with Gasteiger partial charge in [0.05, 0.1) is 11.4 Å². The molecule has 0 spiro atoms. The van der Waals surface area contributed by atoms with E-state index in [0.717, 1.165) is 12.8 Å². The Morgan fingerprint density at radius 1 is 1.10 bits per heavy atom. The lowest BCUT2D eigenvalue weighted by atomic mass is 9.53. The minimum Gasteiger partial charge on any atom is -0.504 e. The number of aromatic amines is 1. The molecule has 5 N–H and O–H groups in total. The van der Waals surface area contributed by atoms with E-state index in [1.807, 2.05) is 6.92 Å². The monoisotopic (exact) mass is 425 g/mol. The number of nitrogens with one attached hydrogen (secondary N) is 1. The van der Waals surface area contributed by atoms with Crippen molar-refractivity contribution >= 4 is 23.5 Å². The molecule has 164 valence electrons. The number of hydrogen-bond acceptors (Lipinski definition) is 4. The number of rotatable bonds is 1. The predicted molar refractivity (Wildman–Crippen MR) is 108 cm³/mol. The van der Waals surface area contributed by atoms with Crippen molar-refractivity contribution in [3.05, 3.63) is 17.3 Å². The number of H-pyrrole nitrogens is 1. The Morgan fingerprint density at radius 3 is 2.37 bits per heavy atom. The van der Waals surface area contributed by atoms with Crippen molar-refractivity contribution in [2.75, 3.05) is 0 Å². The highest BCUT2D eigenvalue weighted by atomic mass is 19.4.